The van der Waals surface area contributed by atoms with Crippen LogP contribution in [-0.2, 0) is 10.0 Å². The SMILES string of the molecule is CS(=O)(=O)N(c1cc(F)cc(F)c1)C1C[N+](O)(C(c2ccc(Cl)cc2)c2ccc(Cl)cc2)C1. The van der Waals surface area contributed by atoms with Crippen molar-refractivity contribution in [2.45, 2.75) is 12.1 Å². The van der Waals surface area contributed by atoms with Crippen LogP contribution < -0.4 is 4.31 Å². The Hall–Kier alpha value is -2.23. The fraction of sp³-hybridized carbons (Fsp3) is 0.217. The highest BCUT2D eigenvalue weighted by molar-refractivity contribution is 7.92. The van der Waals surface area contributed by atoms with Crippen molar-refractivity contribution in [1.82, 2.24) is 0 Å². The van der Waals surface area contributed by atoms with E-state index in [1.54, 1.807) is 48.5 Å². The Balaban J connectivity index is 1.70. The van der Waals surface area contributed by atoms with Gasteiger partial charge >= 0.3 is 0 Å². The number of rotatable bonds is 6. The van der Waals surface area contributed by atoms with Gasteiger partial charge in [0.05, 0.1) is 11.9 Å². The van der Waals surface area contributed by atoms with Gasteiger partial charge in [-0.15, -0.1) is 0 Å². The highest BCUT2D eigenvalue weighted by Crippen LogP contribution is 2.41. The van der Waals surface area contributed by atoms with Gasteiger partial charge in [0.1, 0.15) is 30.8 Å². The molecule has 0 saturated carbocycles. The van der Waals surface area contributed by atoms with Crippen LogP contribution in [0.15, 0.2) is 66.7 Å². The van der Waals surface area contributed by atoms with E-state index in [2.05, 4.69) is 0 Å². The summed E-state index contributed by atoms with van der Waals surface area (Å²) in [6, 6.07) is 15.4. The smallest absolute Gasteiger partial charge is 0.232 e. The maximum absolute atomic E-state index is 13.8. The number of hydroxylamine groups is 3. The second-order valence-corrected chi connectivity index (χ2v) is 10.9. The lowest BCUT2D eigenvalue weighted by Crippen LogP contribution is -2.71. The summed E-state index contributed by atoms with van der Waals surface area (Å²) in [4.78, 5) is 0. The highest BCUT2D eigenvalue weighted by atomic mass is 35.5. The molecule has 0 amide bonds. The molecule has 0 atom stereocenters. The van der Waals surface area contributed by atoms with Crippen LogP contribution in [0.1, 0.15) is 17.2 Å². The largest absolute Gasteiger partial charge is 0.256 e. The molecule has 3 aromatic rings. The van der Waals surface area contributed by atoms with E-state index in [1.165, 1.54) is 0 Å². The minimum Gasteiger partial charge on any atom is -0.256 e. The van der Waals surface area contributed by atoms with Crippen LogP contribution in [0.4, 0.5) is 14.5 Å². The molecule has 3 aromatic carbocycles. The van der Waals surface area contributed by atoms with E-state index in [4.69, 9.17) is 23.2 Å². The number of nitrogens with zero attached hydrogens (tertiary/aromatic N) is 2. The van der Waals surface area contributed by atoms with Gasteiger partial charge in [0.2, 0.25) is 10.0 Å². The van der Waals surface area contributed by atoms with Gasteiger partial charge in [-0.25, -0.2) is 22.4 Å². The van der Waals surface area contributed by atoms with Gasteiger partial charge in [-0.3, -0.25) is 4.31 Å². The summed E-state index contributed by atoms with van der Waals surface area (Å²) in [5.41, 5.74) is 1.41. The molecule has 10 heteroatoms. The third-order valence-electron chi connectivity index (χ3n) is 5.70. The van der Waals surface area contributed by atoms with Gasteiger partial charge in [0, 0.05) is 27.2 Å². The predicted octanol–water partition coefficient (Wildman–Crippen LogP) is 5.42. The Morgan fingerprint density at radius 3 is 1.73 bits per heavy atom. The van der Waals surface area contributed by atoms with Crippen LogP contribution >= 0.6 is 23.2 Å². The third kappa shape index (κ3) is 5.00. The van der Waals surface area contributed by atoms with Crippen molar-refractivity contribution in [3.05, 3.63) is 99.5 Å². The second-order valence-electron chi connectivity index (χ2n) is 8.20. The molecule has 1 saturated heterocycles. The lowest BCUT2D eigenvalue weighted by molar-refractivity contribution is -1.15. The molecule has 4 rings (SSSR count). The van der Waals surface area contributed by atoms with Crippen molar-refractivity contribution in [2.24, 2.45) is 0 Å². The van der Waals surface area contributed by atoms with Crippen LogP contribution in [0.25, 0.3) is 0 Å². The summed E-state index contributed by atoms with van der Waals surface area (Å²) in [7, 11) is -3.88. The second kappa shape index (κ2) is 8.85. The minimum absolute atomic E-state index is 0.00111. The van der Waals surface area contributed by atoms with E-state index >= 15 is 0 Å². The zero-order valence-corrected chi connectivity index (χ0v) is 19.8. The van der Waals surface area contributed by atoms with E-state index in [0.29, 0.717) is 16.1 Å². The Bertz CT molecular complexity index is 1200. The molecule has 0 aromatic heterocycles. The first-order chi connectivity index (χ1) is 15.5. The summed E-state index contributed by atoms with van der Waals surface area (Å²) < 4.78 is 53.2. The van der Waals surface area contributed by atoms with E-state index in [9.17, 15) is 22.4 Å². The molecule has 1 aliphatic heterocycles. The number of hydrogen-bond acceptors (Lipinski definition) is 3. The van der Waals surface area contributed by atoms with Crippen molar-refractivity contribution < 1.29 is 27.1 Å². The molecular formula is C23H21Cl2F2N2O3S+. The number of anilines is 1. The zero-order chi connectivity index (χ0) is 24.0. The van der Waals surface area contributed by atoms with Crippen molar-refractivity contribution in [3.8, 4) is 0 Å². The molecular weight excluding hydrogens is 493 g/mol. The first-order valence-electron chi connectivity index (χ1n) is 10.0. The average molecular weight is 514 g/mol. The molecule has 0 unspecified atom stereocenters. The molecule has 1 fully saturated rings. The molecule has 1 N–H and O–H groups in total. The third-order valence-corrected chi connectivity index (χ3v) is 7.42. The molecule has 0 radical (unpaired) electrons. The van der Waals surface area contributed by atoms with Gasteiger partial charge in [-0.1, -0.05) is 47.5 Å². The normalized spacial score (nSPS) is 20.5. The van der Waals surface area contributed by atoms with Crippen LogP contribution in [0, 0.1) is 11.6 Å². The van der Waals surface area contributed by atoms with Gasteiger partial charge in [0.25, 0.3) is 0 Å². The Kier molecular flexibility index (Phi) is 6.41. The zero-order valence-electron chi connectivity index (χ0n) is 17.5. The van der Waals surface area contributed by atoms with Crippen molar-refractivity contribution in [1.29, 1.82) is 0 Å². The van der Waals surface area contributed by atoms with Gasteiger partial charge in [-0.2, -0.15) is 4.65 Å². The highest BCUT2D eigenvalue weighted by Gasteiger charge is 2.55. The summed E-state index contributed by atoms with van der Waals surface area (Å²) >= 11 is 12.1. The standard InChI is InChI=1S/C23H21Cl2F2N2O3S/c1-33(31,32)28(21-11-19(26)10-20(27)12-21)22-13-29(30,14-22)23(15-2-6-17(24)7-3-15)16-4-8-18(25)9-5-16/h2-12,22-23,30H,13-14H2,1H3/q+1. The number of likely N-dealkylation sites (tertiary alicyclic amines) is 1. The van der Waals surface area contributed by atoms with Crippen molar-refractivity contribution in [3.63, 3.8) is 0 Å². The van der Waals surface area contributed by atoms with Crippen LogP contribution in [0.2, 0.25) is 10.0 Å². The van der Waals surface area contributed by atoms with E-state index in [-0.39, 0.29) is 18.8 Å². The van der Waals surface area contributed by atoms with E-state index < -0.39 is 38.4 Å². The number of quaternary nitrogens is 1. The molecule has 0 aliphatic carbocycles. The summed E-state index contributed by atoms with van der Waals surface area (Å²) in [6.45, 7) is 0.00223. The van der Waals surface area contributed by atoms with Crippen LogP contribution in [0.3, 0.4) is 0 Å². The Morgan fingerprint density at radius 1 is 0.909 bits per heavy atom. The van der Waals surface area contributed by atoms with Crippen LogP contribution in [-0.4, -0.2) is 43.7 Å². The maximum Gasteiger partial charge on any atom is 0.232 e. The number of hydrogen-bond donors (Lipinski definition) is 1. The summed E-state index contributed by atoms with van der Waals surface area (Å²) in [5, 5.41) is 12.6. The lowest BCUT2D eigenvalue weighted by Gasteiger charge is -2.51. The summed E-state index contributed by atoms with van der Waals surface area (Å²) in [6.07, 6.45) is 0.968. The number of halogens is 4. The molecule has 0 spiro atoms. The fourth-order valence-corrected chi connectivity index (χ4v) is 5.83. The molecule has 0 bridgehead atoms. The van der Waals surface area contributed by atoms with Crippen LogP contribution in [0.5, 0.6) is 0 Å². The molecule has 1 aliphatic rings. The Morgan fingerprint density at radius 2 is 1.33 bits per heavy atom. The quantitative estimate of drug-likeness (QED) is 0.448. The topological polar surface area (TPSA) is 57.6 Å². The summed E-state index contributed by atoms with van der Waals surface area (Å²) in [5.74, 6) is -1.77. The predicted molar refractivity (Wildman–Crippen MR) is 124 cm³/mol. The van der Waals surface area contributed by atoms with Gasteiger partial charge < -0.3 is 0 Å². The van der Waals surface area contributed by atoms with Gasteiger partial charge in [-0.05, 0) is 36.4 Å². The number of benzene rings is 3. The fourth-order valence-electron chi connectivity index (χ4n) is 4.41. The molecule has 174 valence electrons. The van der Waals surface area contributed by atoms with E-state index in [0.717, 1.165) is 33.8 Å². The Labute approximate surface area is 201 Å². The molecule has 5 nitrogen and oxygen atoms in total. The van der Waals surface area contributed by atoms with Gasteiger partial charge in [0.15, 0.2) is 6.04 Å². The molecule has 1 heterocycles. The lowest BCUT2D eigenvalue weighted by atomic mass is 9.92. The number of sulfonamides is 1. The first kappa shape index (κ1) is 23.9. The first-order valence-corrected chi connectivity index (χ1v) is 12.6. The van der Waals surface area contributed by atoms with E-state index in [1.807, 2.05) is 0 Å². The van der Waals surface area contributed by atoms with Crippen molar-refractivity contribution >= 4 is 38.9 Å². The monoisotopic (exact) mass is 513 g/mol. The average Bonchev–Trinajstić information content (AvgIpc) is 2.68. The minimum atomic E-state index is -3.88. The van der Waals surface area contributed by atoms with Crippen molar-refractivity contribution in [2.75, 3.05) is 23.7 Å². The maximum atomic E-state index is 13.8. The molecule has 33 heavy (non-hydrogen) atoms.